The van der Waals surface area contributed by atoms with Crippen molar-refractivity contribution in [3.8, 4) is 67.3 Å². The summed E-state index contributed by atoms with van der Waals surface area (Å²) < 4.78 is 12.8. The molecule has 0 bridgehead atoms. The fourth-order valence-corrected chi connectivity index (χ4v) is 7.90. The van der Waals surface area contributed by atoms with Crippen LogP contribution in [0.15, 0.2) is 203 Å². The first-order valence-corrected chi connectivity index (χ1v) is 18.8. The van der Waals surface area contributed by atoms with Gasteiger partial charge in [-0.2, -0.15) is 0 Å². The van der Waals surface area contributed by atoms with E-state index in [0.717, 1.165) is 94.2 Å². The summed E-state index contributed by atoms with van der Waals surface area (Å²) in [6, 6.07) is 67.5. The lowest BCUT2D eigenvalue weighted by atomic mass is 9.93. The van der Waals surface area contributed by atoms with Crippen LogP contribution in [0.25, 0.3) is 111 Å². The van der Waals surface area contributed by atoms with E-state index in [1.54, 1.807) is 0 Å². The van der Waals surface area contributed by atoms with Crippen LogP contribution in [-0.4, -0.2) is 9.97 Å². The molecule has 0 aliphatic heterocycles. The molecule has 0 spiro atoms. The van der Waals surface area contributed by atoms with Gasteiger partial charge >= 0.3 is 0 Å². The minimum Gasteiger partial charge on any atom is -0.456 e. The Morgan fingerprint density at radius 2 is 0.804 bits per heavy atom. The molecular weight excluding hydrogens is 685 g/mol. The van der Waals surface area contributed by atoms with Gasteiger partial charge in [-0.15, -0.1) is 0 Å². The second kappa shape index (κ2) is 13.1. The van der Waals surface area contributed by atoms with Gasteiger partial charge < -0.3 is 8.83 Å². The minimum atomic E-state index is 0.661. The third-order valence-electron chi connectivity index (χ3n) is 10.7. The highest BCUT2D eigenvalue weighted by atomic mass is 16.3. The molecule has 0 unspecified atom stereocenters. The highest BCUT2D eigenvalue weighted by Crippen LogP contribution is 2.40. The van der Waals surface area contributed by atoms with Crippen molar-refractivity contribution in [2.24, 2.45) is 0 Å². The van der Waals surface area contributed by atoms with Crippen LogP contribution in [0.2, 0.25) is 0 Å². The number of hydrogen-bond acceptors (Lipinski definition) is 4. The third kappa shape index (κ3) is 5.55. The third-order valence-corrected chi connectivity index (χ3v) is 10.7. The maximum absolute atomic E-state index is 6.57. The van der Waals surface area contributed by atoms with Crippen molar-refractivity contribution in [3.05, 3.63) is 194 Å². The highest BCUT2D eigenvalue weighted by molar-refractivity contribution is 6.10. The first kappa shape index (κ1) is 31.9. The molecule has 0 N–H and O–H groups in total. The number of aromatic nitrogens is 2. The van der Waals surface area contributed by atoms with Crippen LogP contribution < -0.4 is 0 Å². The summed E-state index contributed by atoms with van der Waals surface area (Å²) in [7, 11) is 0. The summed E-state index contributed by atoms with van der Waals surface area (Å²) in [4.78, 5) is 10.4. The molecule has 4 nitrogen and oxygen atoms in total. The van der Waals surface area contributed by atoms with Crippen LogP contribution in [0, 0.1) is 0 Å². The quantitative estimate of drug-likeness (QED) is 0.172. The summed E-state index contributed by atoms with van der Waals surface area (Å²) in [6.07, 6.45) is 0. The number of nitrogens with zero attached hydrogens (tertiary/aromatic N) is 2. The number of para-hydroxylation sites is 3. The summed E-state index contributed by atoms with van der Waals surface area (Å²) in [5.74, 6) is 0.661. The Morgan fingerprint density at radius 3 is 1.55 bits per heavy atom. The molecular formula is C52H32N2O2. The summed E-state index contributed by atoms with van der Waals surface area (Å²) in [5.41, 5.74) is 14.7. The van der Waals surface area contributed by atoms with Crippen molar-refractivity contribution in [2.75, 3.05) is 0 Å². The van der Waals surface area contributed by atoms with Crippen molar-refractivity contribution in [1.29, 1.82) is 0 Å². The van der Waals surface area contributed by atoms with Gasteiger partial charge in [0.2, 0.25) is 0 Å². The second-order valence-corrected chi connectivity index (χ2v) is 14.2. The van der Waals surface area contributed by atoms with Crippen molar-refractivity contribution in [2.45, 2.75) is 0 Å². The van der Waals surface area contributed by atoms with Crippen molar-refractivity contribution < 1.29 is 8.83 Å². The van der Waals surface area contributed by atoms with E-state index in [1.807, 2.05) is 60.7 Å². The maximum Gasteiger partial charge on any atom is 0.160 e. The SMILES string of the molecule is c1ccc(-c2ccc(-c3cc(-c4cc(-c5ccc6oc7ccccc7c6c5)nc(-c5ccccc5)n4)cc(-c4cccc5c4oc4ccccc45)c3)cc2)cc1. The van der Waals surface area contributed by atoms with Gasteiger partial charge in [-0.25, -0.2) is 9.97 Å². The van der Waals surface area contributed by atoms with Crippen LogP contribution in [0.1, 0.15) is 0 Å². The van der Waals surface area contributed by atoms with Gasteiger partial charge in [-0.1, -0.05) is 140 Å². The summed E-state index contributed by atoms with van der Waals surface area (Å²) in [6.45, 7) is 0. The van der Waals surface area contributed by atoms with Gasteiger partial charge in [0.1, 0.15) is 22.3 Å². The van der Waals surface area contributed by atoms with E-state index in [2.05, 4.69) is 133 Å². The molecule has 8 aromatic carbocycles. The standard InChI is InChI=1S/C52H32N2O2/c1-3-12-33(13-4-1)34-22-24-35(25-23-34)38-28-39(41-18-11-19-44-42-16-7-10-21-49(42)56-51(41)44)30-40(29-38)47-32-46(53-52(54-47)36-14-5-2-6-15-36)37-26-27-50-45(31-37)43-17-8-9-20-48(43)55-50/h1-32H. The highest BCUT2D eigenvalue weighted by Gasteiger charge is 2.18. The lowest BCUT2D eigenvalue weighted by Gasteiger charge is -2.14. The predicted octanol–water partition coefficient (Wildman–Crippen LogP) is 14.3. The molecule has 0 fully saturated rings. The molecule has 0 aliphatic carbocycles. The van der Waals surface area contributed by atoms with E-state index >= 15 is 0 Å². The smallest absolute Gasteiger partial charge is 0.160 e. The minimum absolute atomic E-state index is 0.661. The Morgan fingerprint density at radius 1 is 0.286 bits per heavy atom. The molecule has 0 amide bonds. The first-order valence-electron chi connectivity index (χ1n) is 18.8. The van der Waals surface area contributed by atoms with Gasteiger partial charge in [0.25, 0.3) is 0 Å². The molecule has 11 rings (SSSR count). The van der Waals surface area contributed by atoms with E-state index in [9.17, 15) is 0 Å². The monoisotopic (exact) mass is 716 g/mol. The average molecular weight is 717 g/mol. The Balaban J connectivity index is 1.13. The van der Waals surface area contributed by atoms with Crippen LogP contribution >= 0.6 is 0 Å². The van der Waals surface area contributed by atoms with E-state index < -0.39 is 0 Å². The fourth-order valence-electron chi connectivity index (χ4n) is 7.90. The van der Waals surface area contributed by atoms with E-state index in [0.29, 0.717) is 5.82 Å². The second-order valence-electron chi connectivity index (χ2n) is 14.2. The molecule has 0 aliphatic rings. The molecule has 4 heteroatoms. The Bertz CT molecular complexity index is 3230. The molecule has 262 valence electrons. The van der Waals surface area contributed by atoms with Crippen LogP contribution in [0.4, 0.5) is 0 Å². The Kier molecular flexibility index (Phi) is 7.46. The average Bonchev–Trinajstić information content (AvgIpc) is 3.85. The normalized spacial score (nSPS) is 11.6. The van der Waals surface area contributed by atoms with Gasteiger partial charge in [-0.3, -0.25) is 0 Å². The molecule has 3 heterocycles. The zero-order chi connectivity index (χ0) is 37.0. The van der Waals surface area contributed by atoms with E-state index in [1.165, 1.54) is 11.1 Å². The van der Waals surface area contributed by atoms with Crippen molar-refractivity contribution >= 4 is 43.9 Å². The summed E-state index contributed by atoms with van der Waals surface area (Å²) >= 11 is 0. The molecule has 11 aromatic rings. The fraction of sp³-hybridized carbons (Fsp3) is 0. The van der Waals surface area contributed by atoms with Crippen LogP contribution in [0.5, 0.6) is 0 Å². The molecule has 0 saturated carbocycles. The van der Waals surface area contributed by atoms with Crippen LogP contribution in [-0.2, 0) is 0 Å². The van der Waals surface area contributed by atoms with Gasteiger partial charge in [0.15, 0.2) is 5.82 Å². The largest absolute Gasteiger partial charge is 0.456 e. The number of fused-ring (bicyclic) bond motifs is 6. The lowest BCUT2D eigenvalue weighted by Crippen LogP contribution is -1.96. The Hall–Kier alpha value is -7.56. The molecule has 0 radical (unpaired) electrons. The predicted molar refractivity (Wildman–Crippen MR) is 229 cm³/mol. The zero-order valence-electron chi connectivity index (χ0n) is 30.2. The Labute approximate surface area is 323 Å². The number of benzene rings is 8. The van der Waals surface area contributed by atoms with Gasteiger partial charge in [0.05, 0.1) is 11.4 Å². The summed E-state index contributed by atoms with van der Waals surface area (Å²) in [5, 5.41) is 4.33. The molecule has 0 saturated heterocycles. The van der Waals surface area contributed by atoms with Crippen molar-refractivity contribution in [3.63, 3.8) is 0 Å². The molecule has 0 atom stereocenters. The number of rotatable bonds is 6. The van der Waals surface area contributed by atoms with Gasteiger partial charge in [-0.05, 0) is 82.4 Å². The van der Waals surface area contributed by atoms with Crippen molar-refractivity contribution in [1.82, 2.24) is 9.97 Å². The van der Waals surface area contributed by atoms with Crippen LogP contribution in [0.3, 0.4) is 0 Å². The maximum atomic E-state index is 6.57. The van der Waals surface area contributed by atoms with Gasteiger partial charge in [0, 0.05) is 43.8 Å². The molecule has 56 heavy (non-hydrogen) atoms. The molecule has 3 aromatic heterocycles. The topological polar surface area (TPSA) is 52.1 Å². The van der Waals surface area contributed by atoms with E-state index in [4.69, 9.17) is 18.8 Å². The van der Waals surface area contributed by atoms with E-state index in [-0.39, 0.29) is 0 Å². The number of furan rings is 2. The first-order chi connectivity index (χ1) is 27.7. The lowest BCUT2D eigenvalue weighted by molar-refractivity contribution is 0.669. The number of hydrogen-bond donors (Lipinski definition) is 0. The zero-order valence-corrected chi connectivity index (χ0v) is 30.2.